The van der Waals surface area contributed by atoms with E-state index < -0.39 is 5.97 Å². The minimum absolute atomic E-state index is 0.0859. The number of hydrogen-bond donors (Lipinski definition) is 0. The third-order valence-corrected chi connectivity index (χ3v) is 3.31. The van der Waals surface area contributed by atoms with Crippen LogP contribution in [0.25, 0.3) is 0 Å². The molecule has 0 atom stereocenters. The van der Waals surface area contributed by atoms with Crippen LogP contribution < -0.4 is 9.47 Å². The van der Waals surface area contributed by atoms with Gasteiger partial charge in [-0.2, -0.15) is 4.98 Å². The van der Waals surface area contributed by atoms with Crippen LogP contribution >= 0.6 is 11.6 Å². The van der Waals surface area contributed by atoms with Gasteiger partial charge in [-0.3, -0.25) is 0 Å². The Labute approximate surface area is 143 Å². The minimum Gasteiger partial charge on any atom is -0.485 e. The van der Waals surface area contributed by atoms with Crippen molar-refractivity contribution >= 4 is 17.6 Å². The molecule has 0 aliphatic carbocycles. The van der Waals surface area contributed by atoms with E-state index in [1.54, 1.807) is 55.5 Å². The number of aromatic nitrogens is 2. The average molecular weight is 345 g/mol. The number of halogens is 1. The van der Waals surface area contributed by atoms with Crippen LogP contribution in [0.1, 0.15) is 22.1 Å². The van der Waals surface area contributed by atoms with Crippen molar-refractivity contribution in [3.05, 3.63) is 70.8 Å². The van der Waals surface area contributed by atoms with Gasteiger partial charge in [-0.05, 0) is 36.4 Å². The van der Waals surface area contributed by atoms with Crippen LogP contribution in [-0.2, 0) is 6.61 Å². The highest BCUT2D eigenvalue weighted by Gasteiger charge is 2.15. The van der Waals surface area contributed by atoms with Crippen molar-refractivity contribution in [3.63, 3.8) is 0 Å². The maximum atomic E-state index is 12.4. The van der Waals surface area contributed by atoms with Crippen molar-refractivity contribution < 1.29 is 18.8 Å². The lowest BCUT2D eigenvalue weighted by molar-refractivity contribution is 0.0729. The predicted octanol–water partition coefficient (Wildman–Crippen LogP) is 3.83. The number of benzene rings is 2. The number of ether oxygens (including phenoxy) is 2. The molecule has 0 N–H and O–H groups in total. The van der Waals surface area contributed by atoms with Gasteiger partial charge in [-0.1, -0.05) is 28.9 Å². The highest BCUT2D eigenvalue weighted by Crippen LogP contribution is 2.22. The Morgan fingerprint density at radius 3 is 2.62 bits per heavy atom. The molecule has 6 nitrogen and oxygen atoms in total. The van der Waals surface area contributed by atoms with Gasteiger partial charge in [-0.15, -0.1) is 0 Å². The van der Waals surface area contributed by atoms with E-state index in [1.807, 2.05) is 0 Å². The summed E-state index contributed by atoms with van der Waals surface area (Å²) in [5, 5.41) is 4.31. The Hall–Kier alpha value is -2.86. The minimum atomic E-state index is -0.530. The lowest BCUT2D eigenvalue weighted by Crippen LogP contribution is -2.11. The SMILES string of the molecule is Cc1nc(COc2ccccc2C(=O)Oc2ccc(Cl)cc2)no1. The number of carbonyl (C=O) groups is 1. The number of aryl methyl sites for hydroxylation is 1. The van der Waals surface area contributed by atoms with Crippen molar-refractivity contribution in [2.75, 3.05) is 0 Å². The monoisotopic (exact) mass is 344 g/mol. The van der Waals surface area contributed by atoms with E-state index >= 15 is 0 Å². The van der Waals surface area contributed by atoms with Gasteiger partial charge >= 0.3 is 5.97 Å². The highest BCUT2D eigenvalue weighted by molar-refractivity contribution is 6.30. The second kappa shape index (κ2) is 7.14. The summed E-state index contributed by atoms with van der Waals surface area (Å²) in [5.74, 6) is 1.08. The molecule has 7 heteroatoms. The second-order valence-corrected chi connectivity index (χ2v) is 5.29. The summed E-state index contributed by atoms with van der Waals surface area (Å²) < 4.78 is 15.8. The van der Waals surface area contributed by atoms with Crippen molar-refractivity contribution in [3.8, 4) is 11.5 Å². The zero-order valence-electron chi connectivity index (χ0n) is 12.7. The summed E-state index contributed by atoms with van der Waals surface area (Å²) in [6.45, 7) is 1.77. The Bertz CT molecular complexity index is 846. The van der Waals surface area contributed by atoms with Gasteiger partial charge in [0.2, 0.25) is 11.7 Å². The molecule has 24 heavy (non-hydrogen) atoms. The quantitative estimate of drug-likeness (QED) is 0.517. The molecule has 1 aromatic heterocycles. The summed E-state index contributed by atoms with van der Waals surface area (Å²) in [6, 6.07) is 13.3. The lowest BCUT2D eigenvalue weighted by Gasteiger charge is -2.10. The first kappa shape index (κ1) is 16.0. The topological polar surface area (TPSA) is 74.5 Å². The van der Waals surface area contributed by atoms with E-state index in [2.05, 4.69) is 10.1 Å². The molecule has 122 valence electrons. The largest absolute Gasteiger partial charge is 0.485 e. The fraction of sp³-hybridized carbons (Fsp3) is 0.118. The fourth-order valence-corrected chi connectivity index (χ4v) is 2.09. The summed E-state index contributed by atoms with van der Waals surface area (Å²) in [6.07, 6.45) is 0. The molecule has 0 aliphatic rings. The van der Waals surface area contributed by atoms with Gasteiger partial charge < -0.3 is 14.0 Å². The molecule has 0 bridgehead atoms. The molecule has 0 amide bonds. The lowest BCUT2D eigenvalue weighted by atomic mass is 10.2. The van der Waals surface area contributed by atoms with E-state index in [4.69, 9.17) is 25.6 Å². The standard InChI is InChI=1S/C17H13ClN2O4/c1-11-19-16(20-24-11)10-22-15-5-3-2-4-14(15)17(21)23-13-8-6-12(18)7-9-13/h2-9H,10H2,1H3. The van der Waals surface area contributed by atoms with Gasteiger partial charge in [0.05, 0.1) is 0 Å². The van der Waals surface area contributed by atoms with E-state index in [9.17, 15) is 4.79 Å². The first-order valence-electron chi connectivity index (χ1n) is 7.10. The Balaban J connectivity index is 1.72. The van der Waals surface area contributed by atoms with E-state index in [1.165, 1.54) is 0 Å². The van der Waals surface area contributed by atoms with Crippen LogP contribution in [0.2, 0.25) is 5.02 Å². The zero-order valence-corrected chi connectivity index (χ0v) is 13.5. The van der Waals surface area contributed by atoms with Crippen molar-refractivity contribution in [2.45, 2.75) is 13.5 Å². The maximum Gasteiger partial charge on any atom is 0.347 e. The van der Waals surface area contributed by atoms with Gasteiger partial charge in [0.25, 0.3) is 0 Å². The average Bonchev–Trinajstić information content (AvgIpc) is 3.01. The molecule has 0 spiro atoms. The Morgan fingerprint density at radius 1 is 1.17 bits per heavy atom. The van der Waals surface area contributed by atoms with Gasteiger partial charge in [0.15, 0.2) is 6.61 Å². The second-order valence-electron chi connectivity index (χ2n) is 4.86. The molecule has 0 fully saturated rings. The number of rotatable bonds is 5. The Morgan fingerprint density at radius 2 is 1.92 bits per heavy atom. The highest BCUT2D eigenvalue weighted by atomic mass is 35.5. The van der Waals surface area contributed by atoms with Crippen molar-refractivity contribution in [1.29, 1.82) is 0 Å². The number of para-hydroxylation sites is 1. The molecule has 0 saturated carbocycles. The smallest absolute Gasteiger partial charge is 0.347 e. The zero-order chi connectivity index (χ0) is 16.9. The normalized spacial score (nSPS) is 10.4. The van der Waals surface area contributed by atoms with E-state index in [0.717, 1.165) is 0 Å². The number of carbonyl (C=O) groups excluding carboxylic acids is 1. The molecule has 0 saturated heterocycles. The van der Waals surface area contributed by atoms with Crippen LogP contribution in [0.3, 0.4) is 0 Å². The first-order chi connectivity index (χ1) is 11.6. The summed E-state index contributed by atoms with van der Waals surface area (Å²) >= 11 is 5.81. The third kappa shape index (κ3) is 3.91. The van der Waals surface area contributed by atoms with Gasteiger partial charge in [-0.25, -0.2) is 4.79 Å². The summed E-state index contributed by atoms with van der Waals surface area (Å²) in [4.78, 5) is 16.4. The molecule has 0 aliphatic heterocycles. The van der Waals surface area contributed by atoms with Gasteiger partial charge in [0.1, 0.15) is 17.1 Å². The van der Waals surface area contributed by atoms with E-state index in [-0.39, 0.29) is 6.61 Å². The molecular formula is C17H13ClN2O4. The molecule has 2 aromatic carbocycles. The van der Waals surface area contributed by atoms with Crippen LogP contribution in [0.15, 0.2) is 53.1 Å². The third-order valence-electron chi connectivity index (χ3n) is 3.06. The predicted molar refractivity (Wildman–Crippen MR) is 86.2 cm³/mol. The van der Waals surface area contributed by atoms with Crippen LogP contribution in [0, 0.1) is 6.92 Å². The maximum absolute atomic E-state index is 12.4. The van der Waals surface area contributed by atoms with Crippen LogP contribution in [0.5, 0.6) is 11.5 Å². The number of nitrogens with zero attached hydrogens (tertiary/aromatic N) is 2. The van der Waals surface area contributed by atoms with Crippen molar-refractivity contribution in [2.24, 2.45) is 0 Å². The first-order valence-corrected chi connectivity index (χ1v) is 7.48. The van der Waals surface area contributed by atoms with Gasteiger partial charge in [0, 0.05) is 11.9 Å². The number of hydrogen-bond acceptors (Lipinski definition) is 6. The van der Waals surface area contributed by atoms with Crippen LogP contribution in [-0.4, -0.2) is 16.1 Å². The molecule has 1 heterocycles. The molecule has 3 rings (SSSR count). The summed E-state index contributed by atoms with van der Waals surface area (Å²) in [7, 11) is 0. The summed E-state index contributed by atoms with van der Waals surface area (Å²) in [5.41, 5.74) is 0.299. The number of esters is 1. The Kier molecular flexibility index (Phi) is 4.77. The van der Waals surface area contributed by atoms with Crippen LogP contribution in [0.4, 0.5) is 0 Å². The van der Waals surface area contributed by atoms with Crippen molar-refractivity contribution in [1.82, 2.24) is 10.1 Å². The van der Waals surface area contributed by atoms with E-state index in [0.29, 0.717) is 33.8 Å². The molecule has 0 unspecified atom stereocenters. The molecule has 0 radical (unpaired) electrons. The fourth-order valence-electron chi connectivity index (χ4n) is 1.97. The molecule has 3 aromatic rings. The molecular weight excluding hydrogens is 332 g/mol.